The van der Waals surface area contributed by atoms with E-state index in [1.165, 1.54) is 27.8 Å². The Hall–Kier alpha value is -5.75. The van der Waals surface area contributed by atoms with Gasteiger partial charge >= 0.3 is 0 Å². The lowest BCUT2D eigenvalue weighted by molar-refractivity contribution is -0.671. The number of rotatable bonds is 14. The molecule has 6 nitrogen and oxygen atoms in total. The number of aldehydes is 2. The van der Waals surface area contributed by atoms with Crippen molar-refractivity contribution in [2.24, 2.45) is 21.1 Å². The number of methoxy groups -OCH3 is 1. The topological polar surface area (TPSA) is 55.0 Å². The minimum atomic E-state index is -0.0426. The third kappa shape index (κ3) is 8.24. The van der Waals surface area contributed by atoms with E-state index in [1.54, 1.807) is 7.11 Å². The first-order chi connectivity index (χ1) is 25.3. The molecule has 4 unspecified atom stereocenters. The molecule has 0 saturated heterocycles. The highest BCUT2D eigenvalue weighted by Crippen LogP contribution is 2.55. The van der Waals surface area contributed by atoms with Gasteiger partial charge in [-0.3, -0.25) is 9.59 Å². The SMILES string of the molecule is COc1ccc(C(C(c2ccc(C=O)cc2)C(c2cc[n+](C)cc2)C(Cc2ccc(C=O)cc2)c2cc[n+](C)cc2)[C@@H](C)c2cc[n+](C)cc2)cc1. The molecule has 5 atom stereocenters. The van der Waals surface area contributed by atoms with Gasteiger partial charge in [0.25, 0.3) is 0 Å². The quantitative estimate of drug-likeness (QED) is 0.0893. The van der Waals surface area contributed by atoms with Crippen LogP contribution in [0.5, 0.6) is 5.75 Å². The average molecular weight is 691 g/mol. The first-order valence-electron chi connectivity index (χ1n) is 17.9. The molecule has 262 valence electrons. The maximum Gasteiger partial charge on any atom is 0.168 e. The molecule has 3 aromatic heterocycles. The van der Waals surface area contributed by atoms with Gasteiger partial charge in [0.1, 0.15) is 39.5 Å². The van der Waals surface area contributed by atoms with Gasteiger partial charge in [-0.1, -0.05) is 67.6 Å². The Kier molecular flexibility index (Phi) is 11.4. The number of aryl methyl sites for hydroxylation is 3. The van der Waals surface area contributed by atoms with E-state index in [-0.39, 0.29) is 29.6 Å². The smallest absolute Gasteiger partial charge is 0.168 e. The lowest BCUT2D eigenvalue weighted by atomic mass is 9.61. The Balaban J connectivity index is 1.66. The molecule has 0 radical (unpaired) electrons. The van der Waals surface area contributed by atoms with E-state index < -0.39 is 0 Å². The molecule has 0 aliphatic rings. The van der Waals surface area contributed by atoms with Gasteiger partial charge in [-0.2, -0.15) is 0 Å². The molecule has 3 heterocycles. The largest absolute Gasteiger partial charge is 0.497 e. The van der Waals surface area contributed by atoms with E-state index in [4.69, 9.17) is 4.74 Å². The van der Waals surface area contributed by atoms with Crippen molar-refractivity contribution < 1.29 is 28.0 Å². The second kappa shape index (κ2) is 16.5. The zero-order valence-electron chi connectivity index (χ0n) is 30.7. The summed E-state index contributed by atoms with van der Waals surface area (Å²) in [4.78, 5) is 23.6. The van der Waals surface area contributed by atoms with Crippen molar-refractivity contribution in [1.82, 2.24) is 0 Å². The summed E-state index contributed by atoms with van der Waals surface area (Å²) in [6.45, 7) is 2.34. The third-order valence-electron chi connectivity index (χ3n) is 10.6. The molecule has 0 aliphatic carbocycles. The average Bonchev–Trinajstić information content (AvgIpc) is 3.19. The van der Waals surface area contributed by atoms with Crippen LogP contribution < -0.4 is 18.4 Å². The van der Waals surface area contributed by atoms with E-state index in [0.717, 1.165) is 30.3 Å². The highest BCUT2D eigenvalue weighted by atomic mass is 16.5. The van der Waals surface area contributed by atoms with E-state index in [2.05, 4.69) is 150 Å². The van der Waals surface area contributed by atoms with Crippen molar-refractivity contribution in [2.75, 3.05) is 7.11 Å². The summed E-state index contributed by atoms with van der Waals surface area (Å²) in [5.41, 5.74) is 8.57. The van der Waals surface area contributed by atoms with E-state index in [0.29, 0.717) is 11.1 Å². The predicted molar refractivity (Wildman–Crippen MR) is 203 cm³/mol. The molecule has 6 heteroatoms. The van der Waals surface area contributed by atoms with Crippen LogP contribution in [0.25, 0.3) is 0 Å². The Bertz CT molecular complexity index is 2060. The normalized spacial score (nSPS) is 14.1. The van der Waals surface area contributed by atoms with Crippen LogP contribution in [0.4, 0.5) is 0 Å². The molecular weight excluding hydrogens is 643 g/mol. The third-order valence-corrected chi connectivity index (χ3v) is 10.6. The molecule has 0 amide bonds. The number of hydrogen-bond donors (Lipinski definition) is 0. The minimum absolute atomic E-state index is 0.0133. The minimum Gasteiger partial charge on any atom is -0.497 e. The monoisotopic (exact) mass is 690 g/mol. The highest BCUT2D eigenvalue weighted by molar-refractivity contribution is 5.75. The van der Waals surface area contributed by atoms with Crippen molar-refractivity contribution in [3.05, 3.63) is 191 Å². The van der Waals surface area contributed by atoms with Gasteiger partial charge in [-0.15, -0.1) is 0 Å². The number of carbonyl (C=O) groups is 2. The second-order valence-electron chi connectivity index (χ2n) is 14.0. The first kappa shape index (κ1) is 36.1. The molecule has 0 saturated carbocycles. The molecule has 3 aromatic carbocycles. The zero-order valence-corrected chi connectivity index (χ0v) is 30.7. The van der Waals surface area contributed by atoms with Gasteiger partial charge in [0, 0.05) is 47.5 Å². The number of hydrogen-bond acceptors (Lipinski definition) is 3. The maximum atomic E-state index is 11.9. The Morgan fingerprint density at radius 3 is 1.38 bits per heavy atom. The van der Waals surface area contributed by atoms with Crippen LogP contribution in [0.15, 0.2) is 146 Å². The lowest BCUT2D eigenvalue weighted by Crippen LogP contribution is -2.32. The number of carbonyl (C=O) groups excluding carboxylic acids is 2. The summed E-state index contributed by atoms with van der Waals surface area (Å²) in [5.74, 6) is 0.909. The zero-order chi connectivity index (χ0) is 36.6. The van der Waals surface area contributed by atoms with Crippen molar-refractivity contribution in [2.45, 2.75) is 42.9 Å². The summed E-state index contributed by atoms with van der Waals surface area (Å²) in [6.07, 6.45) is 15.3. The molecule has 52 heavy (non-hydrogen) atoms. The first-order valence-corrected chi connectivity index (χ1v) is 17.9. The van der Waals surface area contributed by atoms with Gasteiger partial charge < -0.3 is 4.74 Å². The molecule has 6 aromatic rings. The molecule has 0 bridgehead atoms. The fourth-order valence-electron chi connectivity index (χ4n) is 7.71. The van der Waals surface area contributed by atoms with Crippen LogP contribution in [0.1, 0.15) is 90.6 Å². The number of ether oxygens (including phenoxy) is 1. The van der Waals surface area contributed by atoms with E-state index >= 15 is 0 Å². The van der Waals surface area contributed by atoms with Crippen molar-refractivity contribution in [3.63, 3.8) is 0 Å². The molecule has 0 aliphatic heterocycles. The van der Waals surface area contributed by atoms with Crippen LogP contribution in [0.2, 0.25) is 0 Å². The molecular formula is C46H48N3O3+3. The Labute approximate surface area is 307 Å². The van der Waals surface area contributed by atoms with Gasteiger partial charge in [0.15, 0.2) is 37.2 Å². The summed E-state index contributed by atoms with van der Waals surface area (Å²) in [6, 6.07) is 38.2. The van der Waals surface area contributed by atoms with E-state index in [9.17, 15) is 9.59 Å². The highest BCUT2D eigenvalue weighted by Gasteiger charge is 2.41. The van der Waals surface area contributed by atoms with Crippen LogP contribution in [0.3, 0.4) is 0 Å². The molecule has 6 rings (SSSR count). The van der Waals surface area contributed by atoms with Crippen LogP contribution >= 0.6 is 0 Å². The molecule has 0 fully saturated rings. The van der Waals surface area contributed by atoms with Gasteiger partial charge in [-0.05, 0) is 81.5 Å². The number of benzene rings is 3. The predicted octanol–water partition coefficient (Wildman–Crippen LogP) is 7.28. The van der Waals surface area contributed by atoms with Gasteiger partial charge in [0.2, 0.25) is 0 Å². The van der Waals surface area contributed by atoms with Gasteiger partial charge in [-0.25, -0.2) is 13.7 Å². The molecule has 0 spiro atoms. The maximum absolute atomic E-state index is 11.9. The van der Waals surface area contributed by atoms with Crippen LogP contribution in [-0.4, -0.2) is 19.7 Å². The summed E-state index contributed by atoms with van der Waals surface area (Å²) >= 11 is 0. The number of nitrogens with zero attached hydrogens (tertiary/aromatic N) is 3. The van der Waals surface area contributed by atoms with Crippen LogP contribution in [0, 0.1) is 0 Å². The fraction of sp³-hybridized carbons (Fsp3) is 0.239. The van der Waals surface area contributed by atoms with E-state index in [1.807, 2.05) is 38.4 Å². The van der Waals surface area contributed by atoms with Crippen molar-refractivity contribution in [3.8, 4) is 5.75 Å². The standard InChI is InChI=1S/C46H48N3O3/c1-33(37-18-24-47(2)25-19-37)44(39-14-16-42(52-5)17-15-39)46(40-12-10-36(32-51)11-13-40)45(41-22-28-49(4)29-23-41)43(38-20-26-48(3)27-21-38)30-34-6-8-35(31-50)9-7-34/h6-29,31-33,43-46H,30H2,1-5H3/q+3/t33-,43?,44?,45?,46?/m0/s1. The summed E-state index contributed by atoms with van der Waals surface area (Å²) < 4.78 is 11.9. The summed E-state index contributed by atoms with van der Waals surface area (Å²) in [5, 5.41) is 0. The Morgan fingerprint density at radius 2 is 0.904 bits per heavy atom. The molecule has 0 N–H and O–H groups in total. The summed E-state index contributed by atoms with van der Waals surface area (Å²) in [7, 11) is 7.85. The van der Waals surface area contributed by atoms with Crippen molar-refractivity contribution in [1.29, 1.82) is 0 Å². The fourth-order valence-corrected chi connectivity index (χ4v) is 7.71. The Morgan fingerprint density at radius 1 is 0.500 bits per heavy atom. The van der Waals surface area contributed by atoms with Gasteiger partial charge in [0.05, 0.1) is 7.11 Å². The number of pyridine rings is 3. The van der Waals surface area contributed by atoms with Crippen LogP contribution in [-0.2, 0) is 27.6 Å². The lowest BCUT2D eigenvalue weighted by Gasteiger charge is -2.42. The second-order valence-corrected chi connectivity index (χ2v) is 14.0. The number of aromatic nitrogens is 3. The van der Waals surface area contributed by atoms with Crippen molar-refractivity contribution >= 4 is 12.6 Å².